The van der Waals surface area contributed by atoms with E-state index in [2.05, 4.69) is 4.74 Å². The fourth-order valence-electron chi connectivity index (χ4n) is 0.852. The van der Waals surface area contributed by atoms with E-state index in [9.17, 15) is 0 Å². The van der Waals surface area contributed by atoms with Gasteiger partial charge in [-0.1, -0.05) is 0 Å². The summed E-state index contributed by atoms with van der Waals surface area (Å²) in [5.41, 5.74) is 8.09. The number of hydrogen-bond donors (Lipinski definition) is 6. The maximum atomic E-state index is 9.03. The highest BCUT2D eigenvalue weighted by Crippen LogP contribution is 2.31. The molecule has 0 saturated carbocycles. The summed E-state index contributed by atoms with van der Waals surface area (Å²) in [4.78, 5) is 0. The quantitative estimate of drug-likeness (QED) is 0.245. The zero-order chi connectivity index (χ0) is 9.57. The predicted molar refractivity (Wildman–Crippen MR) is 36.5 cm³/mol. The molecule has 0 aromatic rings. The Morgan fingerprint density at radius 3 is 1.92 bits per heavy atom. The summed E-state index contributed by atoms with van der Waals surface area (Å²) in [6, 6.07) is 0. The monoisotopic (exact) mass is 178 g/mol. The molecule has 0 radical (unpaired) electrons. The van der Waals surface area contributed by atoms with Gasteiger partial charge in [-0.05, 0) is 0 Å². The third kappa shape index (κ3) is 1.04. The topological polar surface area (TPSA) is 142 Å². The van der Waals surface area contributed by atoms with Crippen LogP contribution in [0.2, 0.25) is 0 Å². The summed E-state index contributed by atoms with van der Waals surface area (Å²) in [7, 11) is 0. The number of ether oxygens (including phenoxy) is 1. The molecule has 1 unspecified atom stereocenters. The lowest BCUT2D eigenvalue weighted by atomic mass is 10.2. The van der Waals surface area contributed by atoms with E-state index >= 15 is 0 Å². The van der Waals surface area contributed by atoms with E-state index in [0.29, 0.717) is 0 Å². The van der Waals surface area contributed by atoms with Gasteiger partial charge in [-0.3, -0.25) is 16.2 Å². The fraction of sp³-hybridized carbons (Fsp3) is 0.600. The predicted octanol–water partition coefficient (Wildman–Crippen LogP) is -2.40. The molecule has 0 bridgehead atoms. The molecular formula is C5H10N2O5. The number of aliphatic hydroxyl groups excluding tert-OH is 3. The zero-order valence-corrected chi connectivity index (χ0v) is 6.06. The number of hydrogen-bond acceptors (Lipinski definition) is 7. The van der Waals surface area contributed by atoms with Crippen molar-refractivity contribution in [2.24, 2.45) is 11.5 Å². The largest absolute Gasteiger partial charge is 0.505 e. The van der Waals surface area contributed by atoms with Gasteiger partial charge in [0.1, 0.15) is 0 Å². The molecule has 1 aliphatic heterocycles. The Morgan fingerprint density at radius 2 is 1.75 bits per heavy atom. The molecular weight excluding hydrogens is 168 g/mol. The van der Waals surface area contributed by atoms with Crippen molar-refractivity contribution in [3.05, 3.63) is 11.5 Å². The summed E-state index contributed by atoms with van der Waals surface area (Å²) in [6.45, 7) is -0.817. The fourth-order valence-corrected chi connectivity index (χ4v) is 0.852. The molecule has 0 spiro atoms. The minimum atomic E-state index is -2.54. The first-order valence-corrected chi connectivity index (χ1v) is 3.08. The third-order valence-electron chi connectivity index (χ3n) is 1.54. The van der Waals surface area contributed by atoms with Gasteiger partial charge in [-0.25, -0.2) is 0 Å². The Bertz CT molecular complexity index is 238. The Balaban J connectivity index is 3.07. The molecule has 1 heterocycles. The maximum absolute atomic E-state index is 9.03. The lowest BCUT2D eigenvalue weighted by Gasteiger charge is -2.24. The second kappa shape index (κ2) is 2.31. The molecule has 0 saturated heterocycles. The van der Waals surface area contributed by atoms with Crippen molar-refractivity contribution < 1.29 is 25.2 Å². The van der Waals surface area contributed by atoms with Crippen LogP contribution < -0.4 is 11.5 Å². The van der Waals surface area contributed by atoms with Crippen LogP contribution in [0.4, 0.5) is 0 Å². The molecule has 0 aromatic heterocycles. The average Bonchev–Trinajstić information content (AvgIpc) is 2.13. The van der Waals surface area contributed by atoms with Gasteiger partial charge in [0.15, 0.2) is 5.76 Å². The molecule has 1 aliphatic rings. The standard InChI is InChI=1S/C5H10N2O5/c6-4(1-8)2(9)3(10)5(7,11)12-4/h8-11H,1,6-7H2/t4-,5?/m1/s1. The molecule has 0 aliphatic carbocycles. The zero-order valence-electron chi connectivity index (χ0n) is 6.06. The molecule has 8 N–H and O–H groups in total. The molecule has 12 heavy (non-hydrogen) atoms. The Hall–Kier alpha value is -0.860. The van der Waals surface area contributed by atoms with E-state index in [1.807, 2.05) is 0 Å². The van der Waals surface area contributed by atoms with Crippen molar-refractivity contribution in [2.75, 3.05) is 6.61 Å². The van der Waals surface area contributed by atoms with Gasteiger partial charge in [-0.2, -0.15) is 0 Å². The molecule has 7 heteroatoms. The molecule has 70 valence electrons. The summed E-state index contributed by atoms with van der Waals surface area (Å²) in [5.74, 6) is -4.42. The van der Waals surface area contributed by atoms with Crippen LogP contribution in [0, 0.1) is 0 Å². The van der Waals surface area contributed by atoms with Gasteiger partial charge in [0.05, 0.1) is 6.61 Å². The molecule has 2 atom stereocenters. The van der Waals surface area contributed by atoms with Crippen LogP contribution in [-0.4, -0.2) is 38.7 Å². The van der Waals surface area contributed by atoms with Gasteiger partial charge in [0, 0.05) is 0 Å². The maximum Gasteiger partial charge on any atom is 0.289 e. The first kappa shape index (κ1) is 9.23. The van der Waals surface area contributed by atoms with Crippen molar-refractivity contribution in [3.8, 4) is 0 Å². The second-order valence-corrected chi connectivity index (χ2v) is 2.54. The highest BCUT2D eigenvalue weighted by atomic mass is 16.7. The minimum absolute atomic E-state index is 0.817. The Morgan fingerprint density at radius 1 is 1.25 bits per heavy atom. The van der Waals surface area contributed by atoms with Crippen LogP contribution in [0.15, 0.2) is 11.5 Å². The molecule has 7 nitrogen and oxygen atoms in total. The second-order valence-electron chi connectivity index (χ2n) is 2.54. The van der Waals surface area contributed by atoms with Crippen LogP contribution in [0.3, 0.4) is 0 Å². The first-order chi connectivity index (χ1) is 5.33. The highest BCUT2D eigenvalue weighted by molar-refractivity contribution is 5.22. The van der Waals surface area contributed by atoms with Crippen LogP contribution >= 0.6 is 0 Å². The van der Waals surface area contributed by atoms with Gasteiger partial charge in [-0.15, -0.1) is 0 Å². The van der Waals surface area contributed by atoms with Crippen LogP contribution in [-0.2, 0) is 4.74 Å². The van der Waals surface area contributed by atoms with E-state index in [0.717, 1.165) is 0 Å². The van der Waals surface area contributed by atoms with Crippen molar-refractivity contribution in [3.63, 3.8) is 0 Å². The van der Waals surface area contributed by atoms with Gasteiger partial charge < -0.3 is 20.4 Å². The number of nitrogens with two attached hydrogens (primary N) is 2. The summed E-state index contributed by atoms with van der Waals surface area (Å²) in [5, 5.41) is 35.6. The lowest BCUT2D eigenvalue weighted by Crippen LogP contribution is -2.52. The molecule has 1 rings (SSSR count). The van der Waals surface area contributed by atoms with Crippen molar-refractivity contribution in [1.82, 2.24) is 0 Å². The van der Waals surface area contributed by atoms with Crippen LogP contribution in [0.5, 0.6) is 0 Å². The Kier molecular flexibility index (Phi) is 1.78. The number of aliphatic hydroxyl groups is 4. The SMILES string of the molecule is NC1(O)O[C@](N)(CO)C(O)=C1O. The smallest absolute Gasteiger partial charge is 0.289 e. The van der Waals surface area contributed by atoms with E-state index in [4.69, 9.17) is 31.9 Å². The average molecular weight is 178 g/mol. The van der Waals surface area contributed by atoms with E-state index in [-0.39, 0.29) is 0 Å². The van der Waals surface area contributed by atoms with E-state index in [1.54, 1.807) is 0 Å². The molecule has 0 fully saturated rings. The summed E-state index contributed by atoms with van der Waals surface area (Å²) >= 11 is 0. The van der Waals surface area contributed by atoms with Crippen molar-refractivity contribution in [1.29, 1.82) is 0 Å². The van der Waals surface area contributed by atoms with Gasteiger partial charge in [0.2, 0.25) is 11.5 Å². The van der Waals surface area contributed by atoms with E-state index < -0.39 is 29.8 Å². The number of rotatable bonds is 1. The third-order valence-corrected chi connectivity index (χ3v) is 1.54. The summed E-state index contributed by atoms with van der Waals surface area (Å²) < 4.78 is 4.40. The molecule has 0 amide bonds. The van der Waals surface area contributed by atoms with Crippen LogP contribution in [0.1, 0.15) is 0 Å². The van der Waals surface area contributed by atoms with Crippen molar-refractivity contribution >= 4 is 0 Å². The van der Waals surface area contributed by atoms with Gasteiger partial charge in [0.25, 0.3) is 5.91 Å². The normalized spacial score (nSPS) is 42.3. The van der Waals surface area contributed by atoms with Crippen LogP contribution in [0.25, 0.3) is 0 Å². The van der Waals surface area contributed by atoms with Crippen molar-refractivity contribution in [2.45, 2.75) is 11.6 Å². The Labute approximate surface area is 67.5 Å². The highest BCUT2D eigenvalue weighted by Gasteiger charge is 2.52. The summed E-state index contributed by atoms with van der Waals surface area (Å²) in [6.07, 6.45) is 0. The minimum Gasteiger partial charge on any atom is -0.505 e. The molecule has 0 aromatic carbocycles. The lowest BCUT2D eigenvalue weighted by molar-refractivity contribution is -0.230. The van der Waals surface area contributed by atoms with E-state index in [1.165, 1.54) is 0 Å². The van der Waals surface area contributed by atoms with Gasteiger partial charge >= 0.3 is 0 Å². The first-order valence-electron chi connectivity index (χ1n) is 3.08.